The van der Waals surface area contributed by atoms with Crippen molar-refractivity contribution in [2.24, 2.45) is 11.8 Å². The van der Waals surface area contributed by atoms with Gasteiger partial charge in [0, 0.05) is 12.5 Å². The fourth-order valence-corrected chi connectivity index (χ4v) is 2.30. The maximum Gasteiger partial charge on any atom is 0.226 e. The lowest BCUT2D eigenvalue weighted by Gasteiger charge is -2.21. The zero-order valence-corrected chi connectivity index (χ0v) is 12.0. The lowest BCUT2D eigenvalue weighted by atomic mass is 9.94. The highest BCUT2D eigenvalue weighted by molar-refractivity contribution is 5.91. The first kappa shape index (κ1) is 14.7. The van der Waals surface area contributed by atoms with Gasteiger partial charge in [0.1, 0.15) is 6.04 Å². The topological polar surface area (TPSA) is 55.4 Å². The van der Waals surface area contributed by atoms with Crippen LogP contribution in [0.4, 0.5) is 0 Å². The molecule has 1 unspecified atom stereocenters. The number of benzene rings is 1. The van der Waals surface area contributed by atoms with Crippen LogP contribution < -0.4 is 5.32 Å². The molecule has 4 heteroatoms. The lowest BCUT2D eigenvalue weighted by molar-refractivity contribution is -0.131. The Labute approximate surface area is 119 Å². The molecule has 2 rings (SSSR count). The third-order valence-electron chi connectivity index (χ3n) is 3.57. The van der Waals surface area contributed by atoms with E-state index in [1.165, 1.54) is 0 Å². The second-order valence-electron chi connectivity index (χ2n) is 5.47. The molecule has 1 aliphatic heterocycles. The quantitative estimate of drug-likeness (QED) is 0.895. The Bertz CT molecular complexity index is 464. The summed E-state index contributed by atoms with van der Waals surface area (Å²) in [5.41, 5.74) is 0.832. The fourth-order valence-electron chi connectivity index (χ4n) is 2.30. The third-order valence-corrected chi connectivity index (χ3v) is 3.57. The third kappa shape index (κ3) is 3.45. The fraction of sp³-hybridized carbons (Fsp3) is 0.500. The van der Waals surface area contributed by atoms with E-state index in [0.717, 1.165) is 12.0 Å². The lowest BCUT2D eigenvalue weighted by Crippen LogP contribution is -2.39. The second-order valence-corrected chi connectivity index (χ2v) is 5.47. The average Bonchev–Trinajstić information content (AvgIpc) is 2.99. The molecule has 1 aromatic carbocycles. The Kier molecular flexibility index (Phi) is 4.90. The van der Waals surface area contributed by atoms with Crippen molar-refractivity contribution >= 4 is 11.7 Å². The standard InChI is InChI=1S/C16H21NO3/c1-11(2)15(18)14(12-6-4-3-5-7-12)17-16(19)13-8-9-20-10-13/h3-7,11,13-14H,8-10H2,1-2H3,(H,17,19)/t13?,14-/m1/s1. The molecule has 1 aromatic rings. The van der Waals surface area contributed by atoms with Crippen LogP contribution in [0.3, 0.4) is 0 Å². The van der Waals surface area contributed by atoms with Crippen LogP contribution in [0.2, 0.25) is 0 Å². The molecule has 1 aliphatic rings. The molecule has 2 atom stereocenters. The summed E-state index contributed by atoms with van der Waals surface area (Å²) in [5.74, 6) is -0.324. The molecule has 0 radical (unpaired) electrons. The molecule has 0 aliphatic carbocycles. The first-order chi connectivity index (χ1) is 9.59. The van der Waals surface area contributed by atoms with Crippen LogP contribution in [-0.2, 0) is 14.3 Å². The molecule has 108 valence electrons. The monoisotopic (exact) mass is 275 g/mol. The minimum absolute atomic E-state index is 0.0310. The van der Waals surface area contributed by atoms with Gasteiger partial charge in [0.15, 0.2) is 5.78 Å². The van der Waals surface area contributed by atoms with Gasteiger partial charge in [-0.2, -0.15) is 0 Å². The van der Waals surface area contributed by atoms with E-state index in [2.05, 4.69) is 5.32 Å². The summed E-state index contributed by atoms with van der Waals surface area (Å²) in [6, 6.07) is 8.82. The molecule has 0 aromatic heterocycles. The van der Waals surface area contributed by atoms with Crippen LogP contribution in [0.25, 0.3) is 0 Å². The van der Waals surface area contributed by atoms with E-state index in [-0.39, 0.29) is 23.5 Å². The first-order valence-corrected chi connectivity index (χ1v) is 7.06. The minimum atomic E-state index is -0.565. The maximum atomic E-state index is 12.3. The summed E-state index contributed by atoms with van der Waals surface area (Å²) in [4.78, 5) is 24.6. The highest BCUT2D eigenvalue weighted by Crippen LogP contribution is 2.20. The van der Waals surface area contributed by atoms with Gasteiger partial charge in [-0.1, -0.05) is 44.2 Å². The van der Waals surface area contributed by atoms with E-state index >= 15 is 0 Å². The molecule has 0 spiro atoms. The largest absolute Gasteiger partial charge is 0.381 e. The Morgan fingerprint density at radius 2 is 1.95 bits per heavy atom. The molecule has 1 amide bonds. The molecule has 1 saturated heterocycles. The summed E-state index contributed by atoms with van der Waals surface area (Å²) in [7, 11) is 0. The number of amides is 1. The van der Waals surface area contributed by atoms with Gasteiger partial charge in [-0.3, -0.25) is 9.59 Å². The minimum Gasteiger partial charge on any atom is -0.381 e. The summed E-state index contributed by atoms with van der Waals surface area (Å²) < 4.78 is 5.23. The first-order valence-electron chi connectivity index (χ1n) is 7.06. The number of carbonyl (C=O) groups is 2. The SMILES string of the molecule is CC(C)C(=O)[C@H](NC(=O)C1CCOC1)c1ccccc1. The Morgan fingerprint density at radius 3 is 2.50 bits per heavy atom. The van der Waals surface area contributed by atoms with Crippen molar-refractivity contribution in [3.05, 3.63) is 35.9 Å². The molecular formula is C16H21NO3. The highest BCUT2D eigenvalue weighted by Gasteiger charge is 2.29. The molecule has 20 heavy (non-hydrogen) atoms. The summed E-state index contributed by atoms with van der Waals surface area (Å²) in [5, 5.41) is 2.89. The van der Waals surface area contributed by atoms with Crippen LogP contribution in [0.5, 0.6) is 0 Å². The number of ketones is 1. The van der Waals surface area contributed by atoms with Crippen LogP contribution in [0.1, 0.15) is 31.9 Å². The summed E-state index contributed by atoms with van der Waals surface area (Å²) >= 11 is 0. The van der Waals surface area contributed by atoms with Crippen molar-refractivity contribution in [3.63, 3.8) is 0 Å². The van der Waals surface area contributed by atoms with Gasteiger partial charge in [0.25, 0.3) is 0 Å². The van der Waals surface area contributed by atoms with Gasteiger partial charge < -0.3 is 10.1 Å². The zero-order valence-electron chi connectivity index (χ0n) is 12.0. The predicted molar refractivity (Wildman–Crippen MR) is 76.1 cm³/mol. The number of Topliss-reactive ketones (excluding diaryl/α,β-unsaturated/α-hetero) is 1. The number of carbonyl (C=O) groups excluding carboxylic acids is 2. The summed E-state index contributed by atoms with van der Waals surface area (Å²) in [6.07, 6.45) is 0.725. The number of rotatable bonds is 5. The van der Waals surface area contributed by atoms with Crippen molar-refractivity contribution in [2.75, 3.05) is 13.2 Å². The summed E-state index contributed by atoms with van der Waals surface area (Å²) in [6.45, 7) is 4.77. The van der Waals surface area contributed by atoms with Crippen LogP contribution in [0, 0.1) is 11.8 Å². The van der Waals surface area contributed by atoms with Gasteiger partial charge in [-0.05, 0) is 12.0 Å². The molecule has 4 nitrogen and oxygen atoms in total. The zero-order chi connectivity index (χ0) is 14.5. The van der Waals surface area contributed by atoms with Crippen molar-refractivity contribution in [3.8, 4) is 0 Å². The van der Waals surface area contributed by atoms with E-state index < -0.39 is 6.04 Å². The number of ether oxygens (including phenoxy) is 1. The normalized spacial score (nSPS) is 19.9. The Morgan fingerprint density at radius 1 is 1.25 bits per heavy atom. The maximum absolute atomic E-state index is 12.3. The van der Waals surface area contributed by atoms with Gasteiger partial charge >= 0.3 is 0 Å². The van der Waals surface area contributed by atoms with Gasteiger partial charge in [0.05, 0.1) is 12.5 Å². The number of nitrogens with one attached hydrogen (secondary N) is 1. The van der Waals surface area contributed by atoms with Crippen molar-refractivity contribution < 1.29 is 14.3 Å². The van der Waals surface area contributed by atoms with Crippen molar-refractivity contribution in [1.82, 2.24) is 5.32 Å². The highest BCUT2D eigenvalue weighted by atomic mass is 16.5. The number of hydrogen-bond donors (Lipinski definition) is 1. The molecular weight excluding hydrogens is 254 g/mol. The van der Waals surface area contributed by atoms with E-state index in [0.29, 0.717) is 13.2 Å². The van der Waals surface area contributed by atoms with E-state index in [9.17, 15) is 9.59 Å². The van der Waals surface area contributed by atoms with E-state index in [1.54, 1.807) is 0 Å². The molecule has 1 fully saturated rings. The molecule has 1 heterocycles. The predicted octanol–water partition coefficient (Wildman–Crippen LogP) is 2.11. The molecule has 0 bridgehead atoms. The van der Waals surface area contributed by atoms with E-state index in [4.69, 9.17) is 4.74 Å². The van der Waals surface area contributed by atoms with E-state index in [1.807, 2.05) is 44.2 Å². The van der Waals surface area contributed by atoms with Crippen molar-refractivity contribution in [1.29, 1.82) is 0 Å². The molecule has 0 saturated carbocycles. The van der Waals surface area contributed by atoms with Gasteiger partial charge in [0.2, 0.25) is 5.91 Å². The average molecular weight is 275 g/mol. The van der Waals surface area contributed by atoms with Gasteiger partial charge in [-0.15, -0.1) is 0 Å². The second kappa shape index (κ2) is 6.66. The number of hydrogen-bond acceptors (Lipinski definition) is 3. The smallest absolute Gasteiger partial charge is 0.226 e. The Balaban J connectivity index is 2.14. The molecule has 1 N–H and O–H groups in total. The van der Waals surface area contributed by atoms with Crippen molar-refractivity contribution in [2.45, 2.75) is 26.3 Å². The van der Waals surface area contributed by atoms with Crippen LogP contribution >= 0.6 is 0 Å². The van der Waals surface area contributed by atoms with Gasteiger partial charge in [-0.25, -0.2) is 0 Å². The van der Waals surface area contributed by atoms with Crippen LogP contribution in [-0.4, -0.2) is 24.9 Å². The Hall–Kier alpha value is -1.68. The van der Waals surface area contributed by atoms with Crippen LogP contribution in [0.15, 0.2) is 30.3 Å².